The number of hydrogen-bond donors (Lipinski definition) is 1. The molecule has 0 radical (unpaired) electrons. The van der Waals surface area contributed by atoms with E-state index < -0.39 is 0 Å². The van der Waals surface area contributed by atoms with Crippen molar-refractivity contribution in [2.24, 2.45) is 5.73 Å². The molecule has 1 atom stereocenters. The summed E-state index contributed by atoms with van der Waals surface area (Å²) in [5.41, 5.74) is 8.42. The van der Waals surface area contributed by atoms with Crippen LogP contribution in [0.5, 0.6) is 11.5 Å². The lowest BCUT2D eigenvalue weighted by atomic mass is 10.1. The van der Waals surface area contributed by atoms with Crippen molar-refractivity contribution in [1.82, 2.24) is 0 Å². The van der Waals surface area contributed by atoms with Crippen LogP contribution in [0.25, 0.3) is 0 Å². The van der Waals surface area contributed by atoms with Gasteiger partial charge in [-0.2, -0.15) is 0 Å². The van der Waals surface area contributed by atoms with Crippen LogP contribution in [-0.4, -0.2) is 0 Å². The number of rotatable bonds is 5. The van der Waals surface area contributed by atoms with Crippen LogP contribution in [0.15, 0.2) is 48.5 Å². The van der Waals surface area contributed by atoms with E-state index in [4.69, 9.17) is 10.5 Å². The Hall–Kier alpha value is -1.80. The first-order chi connectivity index (χ1) is 9.22. The summed E-state index contributed by atoms with van der Waals surface area (Å²) >= 11 is 0. The Morgan fingerprint density at radius 3 is 2.37 bits per heavy atom. The summed E-state index contributed by atoms with van der Waals surface area (Å²) in [6.45, 7) is 4.23. The fourth-order valence-electron chi connectivity index (χ4n) is 1.98. The highest BCUT2D eigenvalue weighted by Gasteiger charge is 2.03. The van der Waals surface area contributed by atoms with Crippen molar-refractivity contribution in [3.63, 3.8) is 0 Å². The molecule has 0 spiro atoms. The zero-order valence-electron chi connectivity index (χ0n) is 11.6. The maximum atomic E-state index is 5.99. The standard InChI is InChI=1S/C17H21NO/c1-3-13-6-5-7-16(12-13)19-15-10-8-14(9-11-15)17(18)4-2/h5-12,17H,3-4,18H2,1-2H3/t17-/m0/s1. The van der Waals surface area contributed by atoms with E-state index in [-0.39, 0.29) is 6.04 Å². The van der Waals surface area contributed by atoms with Gasteiger partial charge in [-0.25, -0.2) is 0 Å². The monoisotopic (exact) mass is 255 g/mol. The number of benzene rings is 2. The average molecular weight is 255 g/mol. The van der Waals surface area contributed by atoms with E-state index in [0.29, 0.717) is 0 Å². The van der Waals surface area contributed by atoms with Gasteiger partial charge in [0.15, 0.2) is 0 Å². The third-order valence-corrected chi connectivity index (χ3v) is 3.29. The molecule has 0 bridgehead atoms. The van der Waals surface area contributed by atoms with Gasteiger partial charge in [0.25, 0.3) is 0 Å². The van der Waals surface area contributed by atoms with Crippen LogP contribution in [-0.2, 0) is 6.42 Å². The largest absolute Gasteiger partial charge is 0.457 e. The van der Waals surface area contributed by atoms with Gasteiger partial charge in [0.1, 0.15) is 11.5 Å². The van der Waals surface area contributed by atoms with Crippen molar-refractivity contribution in [2.45, 2.75) is 32.7 Å². The van der Waals surface area contributed by atoms with Crippen molar-refractivity contribution in [3.8, 4) is 11.5 Å². The van der Waals surface area contributed by atoms with Crippen molar-refractivity contribution in [2.75, 3.05) is 0 Å². The molecule has 2 nitrogen and oxygen atoms in total. The first-order valence-electron chi connectivity index (χ1n) is 6.85. The Bertz CT molecular complexity index is 519. The van der Waals surface area contributed by atoms with Gasteiger partial charge < -0.3 is 10.5 Å². The second-order valence-corrected chi connectivity index (χ2v) is 4.69. The third-order valence-electron chi connectivity index (χ3n) is 3.29. The van der Waals surface area contributed by atoms with Gasteiger partial charge in [0.2, 0.25) is 0 Å². The van der Waals surface area contributed by atoms with E-state index in [9.17, 15) is 0 Å². The summed E-state index contributed by atoms with van der Waals surface area (Å²) < 4.78 is 5.85. The fraction of sp³-hybridized carbons (Fsp3) is 0.294. The Morgan fingerprint density at radius 2 is 1.74 bits per heavy atom. The van der Waals surface area contributed by atoms with Crippen LogP contribution in [0.2, 0.25) is 0 Å². The molecule has 2 N–H and O–H groups in total. The zero-order valence-corrected chi connectivity index (χ0v) is 11.6. The molecule has 0 aliphatic carbocycles. The lowest BCUT2D eigenvalue weighted by Crippen LogP contribution is -2.07. The highest BCUT2D eigenvalue weighted by molar-refractivity contribution is 5.35. The molecule has 0 aliphatic rings. The van der Waals surface area contributed by atoms with E-state index >= 15 is 0 Å². The van der Waals surface area contributed by atoms with Gasteiger partial charge in [-0.05, 0) is 48.2 Å². The summed E-state index contributed by atoms with van der Waals surface area (Å²) in [7, 11) is 0. The maximum Gasteiger partial charge on any atom is 0.127 e. The van der Waals surface area contributed by atoms with Gasteiger partial charge >= 0.3 is 0 Å². The number of aryl methyl sites for hydroxylation is 1. The average Bonchev–Trinajstić information content (AvgIpc) is 2.47. The Labute approximate surface area is 115 Å². The molecular formula is C17H21NO. The minimum Gasteiger partial charge on any atom is -0.457 e. The number of ether oxygens (including phenoxy) is 1. The molecule has 0 saturated heterocycles. The predicted octanol–water partition coefficient (Wildman–Crippen LogP) is 4.45. The van der Waals surface area contributed by atoms with Gasteiger partial charge in [-0.3, -0.25) is 0 Å². The second-order valence-electron chi connectivity index (χ2n) is 4.69. The quantitative estimate of drug-likeness (QED) is 0.856. The minimum atomic E-state index is 0.109. The molecule has 0 aliphatic heterocycles. The molecular weight excluding hydrogens is 234 g/mol. The lowest BCUT2D eigenvalue weighted by Gasteiger charge is -2.11. The van der Waals surface area contributed by atoms with Gasteiger partial charge in [-0.1, -0.05) is 38.1 Å². The second kappa shape index (κ2) is 6.39. The Morgan fingerprint density at radius 1 is 1.00 bits per heavy atom. The molecule has 0 aromatic heterocycles. The maximum absolute atomic E-state index is 5.99. The van der Waals surface area contributed by atoms with Crippen molar-refractivity contribution in [1.29, 1.82) is 0 Å². The van der Waals surface area contributed by atoms with Crippen LogP contribution in [0.3, 0.4) is 0 Å². The molecule has 100 valence electrons. The topological polar surface area (TPSA) is 35.2 Å². The Kier molecular flexibility index (Phi) is 4.58. The van der Waals surface area contributed by atoms with E-state index in [1.165, 1.54) is 5.56 Å². The highest BCUT2D eigenvalue weighted by Crippen LogP contribution is 2.24. The van der Waals surface area contributed by atoms with Crippen LogP contribution in [0, 0.1) is 0 Å². The molecule has 0 heterocycles. The molecule has 0 fully saturated rings. The van der Waals surface area contributed by atoms with Crippen LogP contribution in [0.4, 0.5) is 0 Å². The molecule has 19 heavy (non-hydrogen) atoms. The first-order valence-corrected chi connectivity index (χ1v) is 6.85. The van der Waals surface area contributed by atoms with E-state index in [2.05, 4.69) is 26.0 Å². The van der Waals surface area contributed by atoms with E-state index in [0.717, 1.165) is 29.9 Å². The van der Waals surface area contributed by atoms with E-state index in [1.54, 1.807) is 0 Å². The summed E-state index contributed by atoms with van der Waals surface area (Å²) in [5.74, 6) is 1.73. The van der Waals surface area contributed by atoms with Crippen LogP contribution in [0.1, 0.15) is 37.4 Å². The van der Waals surface area contributed by atoms with Crippen molar-refractivity contribution < 1.29 is 4.74 Å². The molecule has 2 aromatic carbocycles. The molecule has 0 unspecified atom stereocenters. The Balaban J connectivity index is 2.10. The first kappa shape index (κ1) is 13.6. The number of hydrogen-bond acceptors (Lipinski definition) is 2. The summed E-state index contributed by atoms with van der Waals surface area (Å²) in [4.78, 5) is 0. The molecule has 0 saturated carbocycles. The SMILES string of the molecule is CCc1cccc(Oc2ccc([C@@H](N)CC)cc2)c1. The molecule has 2 aromatic rings. The smallest absolute Gasteiger partial charge is 0.127 e. The molecule has 2 heteroatoms. The molecule has 2 rings (SSSR count). The van der Waals surface area contributed by atoms with Crippen molar-refractivity contribution >= 4 is 0 Å². The highest BCUT2D eigenvalue weighted by atomic mass is 16.5. The van der Waals surface area contributed by atoms with E-state index in [1.807, 2.05) is 36.4 Å². The lowest BCUT2D eigenvalue weighted by molar-refractivity contribution is 0.481. The predicted molar refractivity (Wildman–Crippen MR) is 79.6 cm³/mol. The van der Waals surface area contributed by atoms with Gasteiger partial charge in [0.05, 0.1) is 0 Å². The minimum absolute atomic E-state index is 0.109. The number of nitrogens with two attached hydrogens (primary N) is 1. The molecule has 0 amide bonds. The van der Waals surface area contributed by atoms with Crippen LogP contribution < -0.4 is 10.5 Å². The summed E-state index contributed by atoms with van der Waals surface area (Å²) in [6.07, 6.45) is 1.96. The summed E-state index contributed by atoms with van der Waals surface area (Å²) in [6, 6.07) is 16.3. The van der Waals surface area contributed by atoms with Crippen LogP contribution >= 0.6 is 0 Å². The fourth-order valence-corrected chi connectivity index (χ4v) is 1.98. The summed E-state index contributed by atoms with van der Waals surface area (Å²) in [5, 5.41) is 0. The van der Waals surface area contributed by atoms with Gasteiger partial charge in [0, 0.05) is 6.04 Å². The third kappa shape index (κ3) is 3.58. The zero-order chi connectivity index (χ0) is 13.7. The van der Waals surface area contributed by atoms with Crippen molar-refractivity contribution in [3.05, 3.63) is 59.7 Å². The normalized spacial score (nSPS) is 12.2. The van der Waals surface area contributed by atoms with Gasteiger partial charge in [-0.15, -0.1) is 0 Å².